The number of piperidine rings is 2. The average Bonchev–Trinajstić information content (AvgIpc) is 3.26. The Morgan fingerprint density at radius 3 is 2.69 bits per heavy atom. The molecule has 1 aromatic rings. The van der Waals surface area contributed by atoms with Crippen molar-refractivity contribution < 1.29 is 4.79 Å². The molecule has 2 unspecified atom stereocenters. The van der Waals surface area contributed by atoms with E-state index in [0.717, 1.165) is 77.3 Å². The highest BCUT2D eigenvalue weighted by atomic mass is 16.1. The molecule has 2 aliphatic heterocycles. The second-order valence-corrected chi connectivity index (χ2v) is 8.49. The first-order chi connectivity index (χ1) is 14.1. The van der Waals surface area contributed by atoms with E-state index in [2.05, 4.69) is 42.8 Å². The van der Waals surface area contributed by atoms with Crippen molar-refractivity contribution in [2.45, 2.75) is 45.1 Å². The number of carbonyl (C=O) groups excluding carboxylic acids is 1. The summed E-state index contributed by atoms with van der Waals surface area (Å²) in [7, 11) is 1.87. The Kier molecular flexibility index (Phi) is 7.91. The first-order valence-electron chi connectivity index (χ1n) is 11.0. The highest BCUT2D eigenvalue weighted by Gasteiger charge is 2.28. The largest absolute Gasteiger partial charge is 0.369 e. The van der Waals surface area contributed by atoms with Gasteiger partial charge in [0.2, 0.25) is 5.91 Å². The Hall–Kier alpha value is -2.09. The van der Waals surface area contributed by atoms with Crippen molar-refractivity contribution in [3.63, 3.8) is 0 Å². The summed E-state index contributed by atoms with van der Waals surface area (Å²) >= 11 is 0. The van der Waals surface area contributed by atoms with E-state index in [9.17, 15) is 4.79 Å². The smallest absolute Gasteiger partial charge is 0.220 e. The second kappa shape index (κ2) is 10.6. The summed E-state index contributed by atoms with van der Waals surface area (Å²) in [6.45, 7) is 8.34. The van der Waals surface area contributed by atoms with Crippen LogP contribution in [-0.2, 0) is 4.79 Å². The van der Waals surface area contributed by atoms with E-state index < -0.39 is 0 Å². The first-order valence-corrected chi connectivity index (χ1v) is 11.0. The third kappa shape index (κ3) is 5.95. The Morgan fingerprint density at radius 1 is 1.24 bits per heavy atom. The number of likely N-dealkylation sites (tertiary alicyclic amines) is 2. The molecular weight excluding hydrogens is 366 g/mol. The molecule has 1 amide bonds. The number of nitrogens with zero attached hydrogens (tertiary/aromatic N) is 5. The summed E-state index contributed by atoms with van der Waals surface area (Å²) < 4.78 is 2.23. The number of primary amides is 1. The van der Waals surface area contributed by atoms with E-state index in [-0.39, 0.29) is 11.8 Å². The van der Waals surface area contributed by atoms with E-state index in [4.69, 9.17) is 5.73 Å². The monoisotopic (exact) mass is 403 g/mol. The number of rotatable bonds is 7. The predicted octanol–water partition coefficient (Wildman–Crippen LogP) is 1.32. The Balaban J connectivity index is 1.36. The predicted molar refractivity (Wildman–Crippen MR) is 116 cm³/mol. The second-order valence-electron chi connectivity index (χ2n) is 8.49. The SMILES string of the molecule is CN=C(NCCCCN1CCC(C(N)=O)CC1)N1CCC(C)C(n2ccnc2)C1. The molecule has 3 heterocycles. The Bertz CT molecular complexity index is 652. The Labute approximate surface area is 174 Å². The summed E-state index contributed by atoms with van der Waals surface area (Å²) in [4.78, 5) is 24.8. The normalized spacial score (nSPS) is 24.6. The number of carbonyl (C=O) groups is 1. The standard InChI is InChI=1S/C21H37N7O/c1-17-5-13-27(15-19(17)28-14-9-24-16-28)21(23-2)25-8-3-4-10-26-11-6-18(7-12-26)20(22)29/h9,14,16-19H,3-8,10-13,15H2,1-2H3,(H2,22,29)(H,23,25). The van der Waals surface area contributed by atoms with Gasteiger partial charge in [0.1, 0.15) is 0 Å². The van der Waals surface area contributed by atoms with Crippen LogP contribution < -0.4 is 11.1 Å². The fourth-order valence-corrected chi connectivity index (χ4v) is 4.53. The lowest BCUT2D eigenvalue weighted by atomic mass is 9.93. The maximum Gasteiger partial charge on any atom is 0.220 e. The third-order valence-corrected chi connectivity index (χ3v) is 6.51. The van der Waals surface area contributed by atoms with Crippen LogP contribution in [0.3, 0.4) is 0 Å². The number of unbranched alkanes of at least 4 members (excludes halogenated alkanes) is 1. The number of nitrogens with two attached hydrogens (primary N) is 1. The van der Waals surface area contributed by atoms with Gasteiger partial charge in [-0.1, -0.05) is 6.92 Å². The van der Waals surface area contributed by atoms with Crippen molar-refractivity contribution >= 4 is 11.9 Å². The molecule has 2 aliphatic rings. The van der Waals surface area contributed by atoms with Gasteiger partial charge < -0.3 is 25.4 Å². The molecule has 162 valence electrons. The van der Waals surface area contributed by atoms with E-state index >= 15 is 0 Å². The van der Waals surface area contributed by atoms with E-state index in [1.165, 1.54) is 0 Å². The fraction of sp³-hybridized carbons (Fsp3) is 0.762. The van der Waals surface area contributed by atoms with Crippen LogP contribution in [0.25, 0.3) is 0 Å². The summed E-state index contributed by atoms with van der Waals surface area (Å²) in [6.07, 6.45) is 11.1. The lowest BCUT2D eigenvalue weighted by Gasteiger charge is -2.39. The van der Waals surface area contributed by atoms with E-state index in [0.29, 0.717) is 12.0 Å². The number of aromatic nitrogens is 2. The molecule has 0 saturated carbocycles. The van der Waals surface area contributed by atoms with Crippen molar-refractivity contribution in [1.82, 2.24) is 24.7 Å². The van der Waals surface area contributed by atoms with Gasteiger partial charge in [-0.3, -0.25) is 9.79 Å². The number of imidazole rings is 1. The average molecular weight is 404 g/mol. The van der Waals surface area contributed by atoms with Crippen molar-refractivity contribution in [3.05, 3.63) is 18.7 Å². The maximum absolute atomic E-state index is 11.3. The molecule has 29 heavy (non-hydrogen) atoms. The van der Waals surface area contributed by atoms with Crippen LogP contribution in [0.4, 0.5) is 0 Å². The zero-order valence-electron chi connectivity index (χ0n) is 18.0. The minimum Gasteiger partial charge on any atom is -0.369 e. The zero-order chi connectivity index (χ0) is 20.6. The topological polar surface area (TPSA) is 91.8 Å². The summed E-state index contributed by atoms with van der Waals surface area (Å²) in [5.74, 6) is 1.58. The van der Waals surface area contributed by atoms with Crippen LogP contribution in [0.15, 0.2) is 23.7 Å². The minimum absolute atomic E-state index is 0.0784. The van der Waals surface area contributed by atoms with Gasteiger partial charge in [-0.2, -0.15) is 0 Å². The van der Waals surface area contributed by atoms with Gasteiger partial charge in [-0.25, -0.2) is 4.98 Å². The minimum atomic E-state index is -0.136. The van der Waals surface area contributed by atoms with E-state index in [1.807, 2.05) is 19.6 Å². The van der Waals surface area contributed by atoms with Gasteiger partial charge in [0, 0.05) is 45.0 Å². The van der Waals surface area contributed by atoms with Crippen molar-refractivity contribution in [3.8, 4) is 0 Å². The van der Waals surface area contributed by atoms with Crippen LogP contribution in [0, 0.1) is 11.8 Å². The summed E-state index contributed by atoms with van der Waals surface area (Å²) in [5, 5.41) is 3.55. The van der Waals surface area contributed by atoms with Crippen LogP contribution in [-0.4, -0.2) is 77.5 Å². The number of hydrogen-bond donors (Lipinski definition) is 2. The van der Waals surface area contributed by atoms with Gasteiger partial charge in [0.05, 0.1) is 12.4 Å². The van der Waals surface area contributed by atoms with Gasteiger partial charge in [-0.15, -0.1) is 0 Å². The Morgan fingerprint density at radius 2 is 2.03 bits per heavy atom. The molecule has 2 fully saturated rings. The number of aliphatic imine (C=N–C) groups is 1. The summed E-state index contributed by atoms with van der Waals surface area (Å²) in [5.41, 5.74) is 5.41. The molecule has 0 aromatic carbocycles. The molecule has 2 saturated heterocycles. The molecule has 0 spiro atoms. The number of hydrogen-bond acceptors (Lipinski definition) is 4. The van der Waals surface area contributed by atoms with Gasteiger partial charge in [-0.05, 0) is 57.7 Å². The van der Waals surface area contributed by atoms with Gasteiger partial charge in [0.25, 0.3) is 0 Å². The molecule has 8 heteroatoms. The molecule has 3 rings (SSSR count). The van der Waals surface area contributed by atoms with Crippen molar-refractivity contribution in [1.29, 1.82) is 0 Å². The van der Waals surface area contributed by atoms with Crippen LogP contribution in [0.5, 0.6) is 0 Å². The van der Waals surface area contributed by atoms with Crippen LogP contribution in [0.1, 0.15) is 45.1 Å². The van der Waals surface area contributed by atoms with E-state index in [1.54, 1.807) is 0 Å². The van der Waals surface area contributed by atoms with Crippen LogP contribution in [0.2, 0.25) is 0 Å². The quantitative estimate of drug-likeness (QED) is 0.407. The lowest BCUT2D eigenvalue weighted by molar-refractivity contribution is -0.123. The molecule has 1 aromatic heterocycles. The van der Waals surface area contributed by atoms with Crippen molar-refractivity contribution in [2.24, 2.45) is 22.6 Å². The van der Waals surface area contributed by atoms with Gasteiger partial charge >= 0.3 is 0 Å². The zero-order valence-corrected chi connectivity index (χ0v) is 18.0. The maximum atomic E-state index is 11.3. The van der Waals surface area contributed by atoms with Gasteiger partial charge in [0.15, 0.2) is 5.96 Å². The first kappa shape index (κ1) is 21.6. The molecule has 3 N–H and O–H groups in total. The van der Waals surface area contributed by atoms with Crippen LogP contribution >= 0.6 is 0 Å². The third-order valence-electron chi connectivity index (χ3n) is 6.51. The number of guanidine groups is 1. The molecule has 0 radical (unpaired) electrons. The molecule has 0 aliphatic carbocycles. The fourth-order valence-electron chi connectivity index (χ4n) is 4.53. The highest BCUT2D eigenvalue weighted by molar-refractivity contribution is 5.80. The summed E-state index contributed by atoms with van der Waals surface area (Å²) in [6, 6.07) is 0.438. The highest BCUT2D eigenvalue weighted by Crippen LogP contribution is 2.27. The molecule has 8 nitrogen and oxygen atoms in total. The number of nitrogens with one attached hydrogen (secondary N) is 1. The van der Waals surface area contributed by atoms with Crippen molar-refractivity contribution in [2.75, 3.05) is 46.3 Å². The molecule has 2 atom stereocenters. The molecule has 0 bridgehead atoms. The lowest BCUT2D eigenvalue weighted by Crippen LogP contribution is -2.49. The molecular formula is C21H37N7O. The number of amides is 1.